The van der Waals surface area contributed by atoms with E-state index in [2.05, 4.69) is 9.97 Å². The Hall–Kier alpha value is -2.40. The second kappa shape index (κ2) is 5.66. The summed E-state index contributed by atoms with van der Waals surface area (Å²) in [4.78, 5) is 21.2. The van der Waals surface area contributed by atoms with Crippen LogP contribution in [0.4, 0.5) is 0 Å². The van der Waals surface area contributed by atoms with Crippen molar-refractivity contribution in [2.75, 3.05) is 0 Å². The third kappa shape index (κ3) is 2.57. The summed E-state index contributed by atoms with van der Waals surface area (Å²) in [5.41, 5.74) is 3.69. The van der Waals surface area contributed by atoms with Gasteiger partial charge in [-0.25, -0.2) is 9.97 Å². The maximum absolute atomic E-state index is 12.7. The van der Waals surface area contributed by atoms with Crippen LogP contribution >= 0.6 is 11.6 Å². The average molecular weight is 327 g/mol. The Morgan fingerprint density at radius 3 is 2.96 bits per heavy atom. The van der Waals surface area contributed by atoms with Crippen molar-refractivity contribution in [3.05, 3.63) is 69.8 Å². The number of hydrogen-bond donors (Lipinski definition) is 0. The molecule has 5 nitrogen and oxygen atoms in total. The molecule has 2 aromatic heterocycles. The Bertz CT molecular complexity index is 915. The third-order valence-electron chi connectivity index (χ3n) is 4.20. The molecule has 23 heavy (non-hydrogen) atoms. The lowest BCUT2D eigenvalue weighted by Gasteiger charge is -2.08. The lowest BCUT2D eigenvalue weighted by molar-refractivity contribution is 0.545. The number of aromatic nitrogens is 4. The number of nitrogens with zero attached hydrogens (tertiary/aromatic N) is 4. The molecule has 0 fully saturated rings. The van der Waals surface area contributed by atoms with Crippen molar-refractivity contribution >= 4 is 11.6 Å². The number of benzene rings is 1. The average Bonchev–Trinajstić information content (AvgIpc) is 3.17. The Morgan fingerprint density at radius 2 is 2.13 bits per heavy atom. The van der Waals surface area contributed by atoms with E-state index < -0.39 is 0 Å². The highest BCUT2D eigenvalue weighted by Gasteiger charge is 2.23. The molecule has 1 aromatic carbocycles. The minimum absolute atomic E-state index is 0.0490. The number of rotatable bonds is 4. The van der Waals surface area contributed by atoms with Crippen LogP contribution in [-0.2, 0) is 19.5 Å². The summed E-state index contributed by atoms with van der Waals surface area (Å²) in [5.74, 6) is 0. The van der Waals surface area contributed by atoms with Gasteiger partial charge in [0.2, 0.25) is 0 Å². The highest BCUT2D eigenvalue weighted by atomic mass is 35.5. The molecule has 0 saturated heterocycles. The SMILES string of the molecule is O=c1c2c(ncn1CCCn1ccnc1)-c1cc(Cl)ccc1C2. The van der Waals surface area contributed by atoms with Crippen LogP contribution < -0.4 is 5.56 Å². The molecule has 0 radical (unpaired) electrons. The Labute approximate surface area is 138 Å². The molecule has 1 aliphatic carbocycles. The molecule has 0 bridgehead atoms. The van der Waals surface area contributed by atoms with E-state index in [0.717, 1.165) is 35.3 Å². The fourth-order valence-electron chi connectivity index (χ4n) is 3.04. The number of halogens is 1. The van der Waals surface area contributed by atoms with Crippen molar-refractivity contribution in [1.29, 1.82) is 0 Å². The summed E-state index contributed by atoms with van der Waals surface area (Å²) in [6, 6.07) is 5.72. The van der Waals surface area contributed by atoms with E-state index in [1.807, 2.05) is 29.0 Å². The predicted octanol–water partition coefficient (Wildman–Crippen LogP) is 2.75. The third-order valence-corrected chi connectivity index (χ3v) is 4.43. The molecule has 1 aliphatic rings. The van der Waals surface area contributed by atoms with Gasteiger partial charge in [0.25, 0.3) is 5.56 Å². The van der Waals surface area contributed by atoms with Crippen molar-refractivity contribution in [3.8, 4) is 11.3 Å². The molecule has 0 spiro atoms. The van der Waals surface area contributed by atoms with Gasteiger partial charge in [-0.1, -0.05) is 17.7 Å². The van der Waals surface area contributed by atoms with E-state index >= 15 is 0 Å². The summed E-state index contributed by atoms with van der Waals surface area (Å²) in [5, 5.41) is 0.669. The van der Waals surface area contributed by atoms with Gasteiger partial charge < -0.3 is 4.57 Å². The fourth-order valence-corrected chi connectivity index (χ4v) is 3.21. The van der Waals surface area contributed by atoms with Crippen molar-refractivity contribution < 1.29 is 0 Å². The lowest BCUT2D eigenvalue weighted by atomic mass is 10.1. The minimum Gasteiger partial charge on any atom is -0.337 e. The Morgan fingerprint density at radius 1 is 1.22 bits per heavy atom. The summed E-state index contributed by atoms with van der Waals surface area (Å²) in [6.07, 6.45) is 8.59. The van der Waals surface area contributed by atoms with Gasteiger partial charge in [0.1, 0.15) is 0 Å². The van der Waals surface area contributed by atoms with Gasteiger partial charge in [0, 0.05) is 48.1 Å². The maximum Gasteiger partial charge on any atom is 0.257 e. The van der Waals surface area contributed by atoms with Gasteiger partial charge in [-0.05, 0) is 24.1 Å². The number of hydrogen-bond acceptors (Lipinski definition) is 3. The standard InChI is InChI=1S/C17H15ClN4O/c18-13-3-2-12-8-15-16(14(12)9-13)20-11-22(17(15)23)6-1-5-21-7-4-19-10-21/h2-4,7,9-11H,1,5-6,8H2. The van der Waals surface area contributed by atoms with Crippen LogP contribution in [0.15, 0.2) is 48.0 Å². The topological polar surface area (TPSA) is 52.7 Å². The van der Waals surface area contributed by atoms with Crippen molar-refractivity contribution in [2.45, 2.75) is 25.9 Å². The first-order valence-corrected chi connectivity index (χ1v) is 7.93. The molecule has 0 unspecified atom stereocenters. The first-order valence-electron chi connectivity index (χ1n) is 7.55. The van der Waals surface area contributed by atoms with Gasteiger partial charge in [-0.15, -0.1) is 0 Å². The summed E-state index contributed by atoms with van der Waals surface area (Å²) in [6.45, 7) is 1.48. The van der Waals surface area contributed by atoms with Gasteiger partial charge in [-0.2, -0.15) is 0 Å². The van der Waals surface area contributed by atoms with Crippen LogP contribution in [-0.4, -0.2) is 19.1 Å². The van der Waals surface area contributed by atoms with Crippen LogP contribution in [0.25, 0.3) is 11.3 Å². The van der Waals surface area contributed by atoms with E-state index in [-0.39, 0.29) is 5.56 Å². The maximum atomic E-state index is 12.7. The van der Waals surface area contributed by atoms with Crippen LogP contribution in [0.1, 0.15) is 17.5 Å². The molecule has 0 atom stereocenters. The number of aryl methyl sites for hydroxylation is 2. The van der Waals surface area contributed by atoms with Crippen LogP contribution in [0.5, 0.6) is 0 Å². The van der Waals surface area contributed by atoms with Gasteiger partial charge in [0.15, 0.2) is 0 Å². The summed E-state index contributed by atoms with van der Waals surface area (Å²) in [7, 11) is 0. The number of imidazole rings is 1. The molecular formula is C17H15ClN4O. The molecule has 6 heteroatoms. The summed E-state index contributed by atoms with van der Waals surface area (Å²) >= 11 is 6.06. The lowest BCUT2D eigenvalue weighted by Crippen LogP contribution is -2.24. The van der Waals surface area contributed by atoms with E-state index in [1.165, 1.54) is 0 Å². The molecule has 116 valence electrons. The van der Waals surface area contributed by atoms with E-state index in [1.54, 1.807) is 23.4 Å². The summed E-state index contributed by atoms with van der Waals surface area (Å²) < 4.78 is 3.70. The van der Waals surface area contributed by atoms with Gasteiger partial charge in [-0.3, -0.25) is 9.36 Å². The molecule has 2 heterocycles. The van der Waals surface area contributed by atoms with Crippen LogP contribution in [0.2, 0.25) is 5.02 Å². The highest BCUT2D eigenvalue weighted by molar-refractivity contribution is 6.30. The van der Waals surface area contributed by atoms with Gasteiger partial charge in [0.05, 0.1) is 18.3 Å². The quantitative estimate of drug-likeness (QED) is 0.579. The first-order chi connectivity index (χ1) is 11.2. The molecule has 0 amide bonds. The zero-order valence-corrected chi connectivity index (χ0v) is 13.2. The highest BCUT2D eigenvalue weighted by Crippen LogP contribution is 2.34. The smallest absolute Gasteiger partial charge is 0.257 e. The predicted molar refractivity (Wildman–Crippen MR) is 88.6 cm³/mol. The normalized spacial score (nSPS) is 12.2. The molecule has 0 saturated carbocycles. The molecule has 3 aromatic rings. The number of fused-ring (bicyclic) bond motifs is 3. The second-order valence-corrected chi connectivity index (χ2v) is 6.14. The zero-order valence-electron chi connectivity index (χ0n) is 12.4. The first kappa shape index (κ1) is 14.2. The minimum atomic E-state index is 0.0490. The van der Waals surface area contributed by atoms with Crippen molar-refractivity contribution in [3.63, 3.8) is 0 Å². The fraction of sp³-hybridized carbons (Fsp3) is 0.235. The molecule has 4 rings (SSSR count). The van der Waals surface area contributed by atoms with E-state index in [9.17, 15) is 4.79 Å². The zero-order chi connectivity index (χ0) is 15.8. The van der Waals surface area contributed by atoms with Crippen molar-refractivity contribution in [1.82, 2.24) is 19.1 Å². The van der Waals surface area contributed by atoms with E-state index in [4.69, 9.17) is 11.6 Å². The van der Waals surface area contributed by atoms with Crippen LogP contribution in [0, 0.1) is 0 Å². The molecule has 0 aliphatic heterocycles. The largest absolute Gasteiger partial charge is 0.337 e. The Kier molecular flexibility index (Phi) is 3.50. The van der Waals surface area contributed by atoms with Gasteiger partial charge >= 0.3 is 0 Å². The van der Waals surface area contributed by atoms with E-state index in [0.29, 0.717) is 18.0 Å². The second-order valence-electron chi connectivity index (χ2n) is 5.70. The van der Waals surface area contributed by atoms with Crippen molar-refractivity contribution in [2.24, 2.45) is 0 Å². The Balaban J connectivity index is 1.58. The molecule has 0 N–H and O–H groups in total. The monoisotopic (exact) mass is 326 g/mol. The van der Waals surface area contributed by atoms with Crippen LogP contribution in [0.3, 0.4) is 0 Å². The molecular weight excluding hydrogens is 312 g/mol.